The molecule has 1 aliphatic rings. The van der Waals surface area contributed by atoms with Gasteiger partial charge in [-0.3, -0.25) is 0 Å². The van der Waals surface area contributed by atoms with Crippen molar-refractivity contribution in [1.82, 2.24) is 20.3 Å². The zero-order valence-electron chi connectivity index (χ0n) is 14.5. The van der Waals surface area contributed by atoms with Crippen molar-refractivity contribution < 1.29 is 4.63 Å². The maximum Gasteiger partial charge on any atom is 0.245 e. The second-order valence-corrected chi connectivity index (χ2v) is 6.68. The van der Waals surface area contributed by atoms with Crippen LogP contribution in [-0.2, 0) is 0 Å². The van der Waals surface area contributed by atoms with Crippen molar-refractivity contribution in [2.75, 3.05) is 10.6 Å². The first kappa shape index (κ1) is 15.8. The highest BCUT2D eigenvalue weighted by atomic mass is 16.6. The van der Waals surface area contributed by atoms with E-state index in [1.165, 1.54) is 30.4 Å². The van der Waals surface area contributed by atoms with E-state index >= 15 is 0 Å². The van der Waals surface area contributed by atoms with E-state index in [-0.39, 0.29) is 0 Å². The Labute approximate surface area is 146 Å². The quantitative estimate of drug-likeness (QED) is 0.739. The van der Waals surface area contributed by atoms with Crippen LogP contribution in [0.4, 0.5) is 17.3 Å². The standard InChI is InChI=1S/C18H22N6O/c1-11-7-6-10-14(12(11)2)20-16-15(19-13-8-4-3-5-9-13)21-17-18(22-16)24-25-23-17/h6-7,10,13H,3-5,8-9H2,1-2H3,(H,19,21,23)(H,20,22,24). The molecule has 1 aliphatic carbocycles. The predicted molar refractivity (Wildman–Crippen MR) is 97.1 cm³/mol. The third kappa shape index (κ3) is 3.26. The van der Waals surface area contributed by atoms with Gasteiger partial charge in [0.1, 0.15) is 0 Å². The van der Waals surface area contributed by atoms with Crippen molar-refractivity contribution in [1.29, 1.82) is 0 Å². The molecule has 2 aromatic heterocycles. The third-order valence-electron chi connectivity index (χ3n) is 4.92. The van der Waals surface area contributed by atoms with Gasteiger partial charge in [0.25, 0.3) is 0 Å². The second-order valence-electron chi connectivity index (χ2n) is 6.68. The van der Waals surface area contributed by atoms with Crippen LogP contribution in [0, 0.1) is 13.8 Å². The summed E-state index contributed by atoms with van der Waals surface area (Å²) in [6.45, 7) is 4.19. The Balaban J connectivity index is 1.69. The highest BCUT2D eigenvalue weighted by Gasteiger charge is 2.19. The zero-order valence-corrected chi connectivity index (χ0v) is 14.5. The van der Waals surface area contributed by atoms with Gasteiger partial charge in [0.15, 0.2) is 11.6 Å². The number of nitrogens with one attached hydrogen (secondary N) is 2. The molecule has 0 aliphatic heterocycles. The van der Waals surface area contributed by atoms with Gasteiger partial charge in [-0.05, 0) is 54.2 Å². The smallest absolute Gasteiger partial charge is 0.245 e. The van der Waals surface area contributed by atoms with Crippen LogP contribution in [0.15, 0.2) is 22.8 Å². The molecule has 7 nitrogen and oxygen atoms in total. The van der Waals surface area contributed by atoms with Crippen LogP contribution in [0.25, 0.3) is 11.3 Å². The Hall–Kier alpha value is -2.70. The highest BCUT2D eigenvalue weighted by Crippen LogP contribution is 2.29. The molecule has 0 amide bonds. The van der Waals surface area contributed by atoms with Crippen molar-refractivity contribution in [3.63, 3.8) is 0 Å². The van der Waals surface area contributed by atoms with Crippen molar-refractivity contribution in [2.45, 2.75) is 52.0 Å². The van der Waals surface area contributed by atoms with Crippen LogP contribution >= 0.6 is 0 Å². The van der Waals surface area contributed by atoms with E-state index in [1.54, 1.807) is 0 Å². The first-order valence-corrected chi connectivity index (χ1v) is 8.81. The average molecular weight is 338 g/mol. The van der Waals surface area contributed by atoms with E-state index in [2.05, 4.69) is 50.8 Å². The molecule has 7 heteroatoms. The predicted octanol–water partition coefficient (Wildman–Crippen LogP) is 4.12. The number of nitrogens with zero attached hydrogens (tertiary/aromatic N) is 4. The van der Waals surface area contributed by atoms with Crippen molar-refractivity contribution in [3.05, 3.63) is 29.3 Å². The van der Waals surface area contributed by atoms with Gasteiger partial charge in [0.05, 0.1) is 0 Å². The lowest BCUT2D eigenvalue weighted by Gasteiger charge is -2.24. The normalized spacial score (nSPS) is 15.4. The summed E-state index contributed by atoms with van der Waals surface area (Å²) in [5.41, 5.74) is 4.25. The summed E-state index contributed by atoms with van der Waals surface area (Å²) in [6.07, 6.45) is 6.11. The second kappa shape index (κ2) is 6.66. The minimum Gasteiger partial charge on any atom is -0.364 e. The molecule has 1 fully saturated rings. The van der Waals surface area contributed by atoms with Crippen LogP contribution in [0.2, 0.25) is 0 Å². The Bertz CT molecular complexity index is 884. The van der Waals surface area contributed by atoms with Crippen molar-refractivity contribution >= 4 is 28.6 Å². The van der Waals surface area contributed by atoms with Gasteiger partial charge in [-0.25, -0.2) is 14.6 Å². The summed E-state index contributed by atoms with van der Waals surface area (Å²) in [4.78, 5) is 9.14. The van der Waals surface area contributed by atoms with E-state index < -0.39 is 0 Å². The summed E-state index contributed by atoms with van der Waals surface area (Å²) in [7, 11) is 0. The Morgan fingerprint density at radius 1 is 0.960 bits per heavy atom. The topological polar surface area (TPSA) is 88.8 Å². The lowest BCUT2D eigenvalue weighted by atomic mass is 9.95. The molecular weight excluding hydrogens is 316 g/mol. The summed E-state index contributed by atoms with van der Waals surface area (Å²) in [5, 5.41) is 14.6. The molecule has 3 aromatic rings. The molecule has 2 N–H and O–H groups in total. The van der Waals surface area contributed by atoms with Gasteiger partial charge < -0.3 is 10.6 Å². The fourth-order valence-electron chi connectivity index (χ4n) is 3.28. The van der Waals surface area contributed by atoms with Crippen molar-refractivity contribution in [3.8, 4) is 0 Å². The van der Waals surface area contributed by atoms with E-state index in [0.29, 0.717) is 29.0 Å². The summed E-state index contributed by atoms with van der Waals surface area (Å²) >= 11 is 0. The highest BCUT2D eigenvalue weighted by molar-refractivity contribution is 5.77. The molecule has 2 heterocycles. The average Bonchev–Trinajstić information content (AvgIpc) is 3.07. The Morgan fingerprint density at radius 3 is 2.44 bits per heavy atom. The molecule has 0 saturated heterocycles. The number of benzene rings is 1. The molecule has 25 heavy (non-hydrogen) atoms. The van der Waals surface area contributed by atoms with Gasteiger partial charge in [-0.1, -0.05) is 31.4 Å². The summed E-state index contributed by atoms with van der Waals surface area (Å²) in [5.74, 6) is 1.36. The molecule has 1 aromatic carbocycles. The SMILES string of the molecule is Cc1cccc(Nc2nc3nonc3nc2NC2CCCCC2)c1C. The number of fused-ring (bicyclic) bond motifs is 1. The fraction of sp³-hybridized carbons (Fsp3) is 0.444. The maximum atomic E-state index is 4.78. The molecule has 0 atom stereocenters. The lowest BCUT2D eigenvalue weighted by Crippen LogP contribution is -2.23. The van der Waals surface area contributed by atoms with Crippen LogP contribution in [0.3, 0.4) is 0 Å². The van der Waals surface area contributed by atoms with Crippen molar-refractivity contribution in [2.24, 2.45) is 0 Å². The molecule has 4 rings (SSSR count). The molecule has 0 unspecified atom stereocenters. The number of hydrogen-bond acceptors (Lipinski definition) is 7. The van der Waals surface area contributed by atoms with Crippen LogP contribution in [-0.4, -0.2) is 26.3 Å². The number of aryl methyl sites for hydroxylation is 1. The summed E-state index contributed by atoms with van der Waals surface area (Å²) in [6, 6.07) is 6.58. The molecular formula is C18H22N6O. The lowest BCUT2D eigenvalue weighted by molar-refractivity contribution is 0.314. The first-order chi connectivity index (χ1) is 12.2. The number of aromatic nitrogens is 4. The third-order valence-corrected chi connectivity index (χ3v) is 4.92. The fourth-order valence-corrected chi connectivity index (χ4v) is 3.28. The molecule has 0 bridgehead atoms. The van der Waals surface area contributed by atoms with Gasteiger partial charge in [-0.15, -0.1) is 0 Å². The van der Waals surface area contributed by atoms with E-state index in [1.807, 2.05) is 12.1 Å². The van der Waals surface area contributed by atoms with Gasteiger partial charge >= 0.3 is 0 Å². The largest absolute Gasteiger partial charge is 0.364 e. The number of rotatable bonds is 4. The molecule has 1 saturated carbocycles. The van der Waals surface area contributed by atoms with Crippen LogP contribution in [0.1, 0.15) is 43.2 Å². The number of anilines is 3. The molecule has 0 radical (unpaired) electrons. The first-order valence-electron chi connectivity index (χ1n) is 8.81. The molecule has 130 valence electrons. The minimum absolute atomic E-state index is 0.405. The zero-order chi connectivity index (χ0) is 17.2. The minimum atomic E-state index is 0.405. The van der Waals surface area contributed by atoms with Gasteiger partial charge in [0.2, 0.25) is 11.3 Å². The Kier molecular flexibility index (Phi) is 4.21. The van der Waals surface area contributed by atoms with Gasteiger partial charge in [-0.2, -0.15) is 0 Å². The van der Waals surface area contributed by atoms with E-state index in [9.17, 15) is 0 Å². The van der Waals surface area contributed by atoms with Gasteiger partial charge in [0, 0.05) is 11.7 Å². The summed E-state index contributed by atoms with van der Waals surface area (Å²) < 4.78 is 4.78. The van der Waals surface area contributed by atoms with E-state index in [4.69, 9.17) is 4.63 Å². The molecule has 0 spiro atoms. The number of hydrogen-bond donors (Lipinski definition) is 2. The van der Waals surface area contributed by atoms with Crippen LogP contribution < -0.4 is 10.6 Å². The van der Waals surface area contributed by atoms with Crippen LogP contribution in [0.5, 0.6) is 0 Å². The van der Waals surface area contributed by atoms with E-state index in [0.717, 1.165) is 18.5 Å². The maximum absolute atomic E-state index is 4.78. The monoisotopic (exact) mass is 338 g/mol. The Morgan fingerprint density at radius 2 is 1.68 bits per heavy atom.